The fraction of sp³-hybridized carbons (Fsp3) is 0.103. The van der Waals surface area contributed by atoms with Gasteiger partial charge in [0.2, 0.25) is 5.88 Å². The summed E-state index contributed by atoms with van der Waals surface area (Å²) in [6.07, 6.45) is 1.19. The molecule has 0 unspecified atom stereocenters. The number of sulfonamides is 1. The second-order valence-corrected chi connectivity index (χ2v) is 10.2. The Labute approximate surface area is 231 Å². The van der Waals surface area contributed by atoms with Crippen molar-refractivity contribution < 1.29 is 22.7 Å². The van der Waals surface area contributed by atoms with Crippen molar-refractivity contribution in [2.75, 3.05) is 23.8 Å². The molecule has 5 aromatic rings. The molecule has 0 saturated carbocycles. The summed E-state index contributed by atoms with van der Waals surface area (Å²) in [4.78, 5) is 26.0. The van der Waals surface area contributed by atoms with Crippen molar-refractivity contribution in [1.29, 1.82) is 0 Å². The second kappa shape index (κ2) is 11.4. The lowest BCUT2D eigenvalue weighted by atomic mass is 10.0. The van der Waals surface area contributed by atoms with Gasteiger partial charge in [-0.2, -0.15) is 0 Å². The Morgan fingerprint density at radius 1 is 0.925 bits per heavy atom. The smallest absolute Gasteiger partial charge is 0.263 e. The topological polar surface area (TPSA) is 132 Å². The third kappa shape index (κ3) is 5.69. The van der Waals surface area contributed by atoms with Crippen LogP contribution in [0.4, 0.5) is 11.5 Å². The number of methoxy groups -OCH3 is 1. The van der Waals surface area contributed by atoms with E-state index in [9.17, 15) is 13.2 Å². The summed E-state index contributed by atoms with van der Waals surface area (Å²) in [5, 5.41) is 3.54. The molecule has 202 valence electrons. The number of ether oxygens (including phenoxy) is 2. The van der Waals surface area contributed by atoms with Crippen LogP contribution in [-0.2, 0) is 10.0 Å². The van der Waals surface area contributed by atoms with Gasteiger partial charge in [-0.1, -0.05) is 30.3 Å². The predicted molar refractivity (Wildman–Crippen MR) is 152 cm³/mol. The quantitative estimate of drug-likeness (QED) is 0.255. The van der Waals surface area contributed by atoms with Crippen LogP contribution in [0.15, 0.2) is 96.2 Å². The van der Waals surface area contributed by atoms with Crippen molar-refractivity contribution in [3.63, 3.8) is 0 Å². The van der Waals surface area contributed by atoms with Gasteiger partial charge in [0.15, 0.2) is 0 Å². The lowest BCUT2D eigenvalue weighted by Crippen LogP contribution is -2.15. The molecule has 2 aromatic heterocycles. The molecular weight excluding hydrogens is 530 g/mol. The Bertz CT molecular complexity index is 1790. The summed E-state index contributed by atoms with van der Waals surface area (Å²) in [5.41, 5.74) is 2.87. The van der Waals surface area contributed by atoms with Crippen LogP contribution in [0.5, 0.6) is 11.6 Å². The highest BCUT2D eigenvalue weighted by Gasteiger charge is 2.18. The standard InChI is InChI=1S/C29H25N5O5S/c1-3-39-26-11-7-5-9-22(26)25-16-23(21-8-4-6-10-24(21)33-25)29(35)32-19-12-14-20(15-13-19)40(36,37)34-27-17-28(38-2)31-18-30-27/h4-18H,3H2,1-2H3,(H,32,35)(H,30,31,34). The van der Waals surface area contributed by atoms with Gasteiger partial charge in [-0.15, -0.1) is 0 Å². The van der Waals surface area contributed by atoms with Crippen LogP contribution in [-0.4, -0.2) is 43.0 Å². The highest BCUT2D eigenvalue weighted by atomic mass is 32.2. The first-order valence-electron chi connectivity index (χ1n) is 12.3. The van der Waals surface area contributed by atoms with Crippen LogP contribution < -0.4 is 19.5 Å². The first-order valence-corrected chi connectivity index (χ1v) is 13.8. The molecule has 0 spiro atoms. The summed E-state index contributed by atoms with van der Waals surface area (Å²) < 4.78 is 38.8. The zero-order valence-electron chi connectivity index (χ0n) is 21.7. The normalized spacial score (nSPS) is 11.2. The number of fused-ring (bicyclic) bond motifs is 1. The van der Waals surface area contributed by atoms with E-state index >= 15 is 0 Å². The number of rotatable bonds is 9. The lowest BCUT2D eigenvalue weighted by Gasteiger charge is -2.13. The van der Waals surface area contributed by atoms with E-state index in [2.05, 4.69) is 20.0 Å². The van der Waals surface area contributed by atoms with E-state index in [4.69, 9.17) is 14.5 Å². The molecule has 0 fully saturated rings. The molecule has 11 heteroatoms. The van der Waals surface area contributed by atoms with Crippen LogP contribution in [0.1, 0.15) is 17.3 Å². The van der Waals surface area contributed by atoms with Crippen LogP contribution in [0.25, 0.3) is 22.2 Å². The van der Waals surface area contributed by atoms with Crippen molar-refractivity contribution in [3.05, 3.63) is 96.8 Å². The summed E-state index contributed by atoms with van der Waals surface area (Å²) in [6.45, 7) is 2.40. The number of benzene rings is 3. The molecule has 3 aromatic carbocycles. The number of pyridine rings is 1. The highest BCUT2D eigenvalue weighted by molar-refractivity contribution is 7.92. The second-order valence-electron chi connectivity index (χ2n) is 8.53. The molecular formula is C29H25N5O5S. The molecule has 0 aliphatic carbocycles. The molecule has 0 atom stereocenters. The van der Waals surface area contributed by atoms with E-state index in [0.717, 1.165) is 5.56 Å². The number of carbonyl (C=O) groups excluding carboxylic acids is 1. The van der Waals surface area contributed by atoms with Crippen molar-refractivity contribution in [1.82, 2.24) is 15.0 Å². The molecule has 0 saturated heterocycles. The number of aromatic nitrogens is 3. The SMILES string of the molecule is CCOc1ccccc1-c1cc(C(=O)Nc2ccc(S(=O)(=O)Nc3cc(OC)ncn3)cc2)c2ccccc2n1. The third-order valence-corrected chi connectivity index (χ3v) is 7.31. The maximum absolute atomic E-state index is 13.5. The van der Waals surface area contributed by atoms with Crippen molar-refractivity contribution in [2.24, 2.45) is 0 Å². The van der Waals surface area contributed by atoms with E-state index in [1.165, 1.54) is 43.8 Å². The first kappa shape index (κ1) is 26.6. The monoisotopic (exact) mass is 555 g/mol. The average molecular weight is 556 g/mol. The first-order chi connectivity index (χ1) is 19.4. The molecule has 5 rings (SSSR count). The summed E-state index contributed by atoms with van der Waals surface area (Å²) in [6, 6.07) is 23.8. The van der Waals surface area contributed by atoms with Gasteiger partial charge in [-0.25, -0.2) is 23.4 Å². The Balaban J connectivity index is 1.42. The van der Waals surface area contributed by atoms with Crippen LogP contribution in [0, 0.1) is 0 Å². The fourth-order valence-corrected chi connectivity index (χ4v) is 5.08. The Hall–Kier alpha value is -5.03. The van der Waals surface area contributed by atoms with Gasteiger partial charge in [-0.05, 0) is 55.5 Å². The minimum atomic E-state index is -3.94. The van der Waals surface area contributed by atoms with Gasteiger partial charge in [0.05, 0.1) is 35.4 Å². The van der Waals surface area contributed by atoms with E-state index in [-0.39, 0.29) is 22.5 Å². The van der Waals surface area contributed by atoms with Crippen LogP contribution in [0.2, 0.25) is 0 Å². The van der Waals surface area contributed by atoms with E-state index < -0.39 is 10.0 Å². The number of anilines is 2. The molecule has 40 heavy (non-hydrogen) atoms. The van der Waals surface area contributed by atoms with Gasteiger partial charge >= 0.3 is 0 Å². The van der Waals surface area contributed by atoms with E-state index in [1.807, 2.05) is 55.5 Å². The summed E-state index contributed by atoms with van der Waals surface area (Å²) >= 11 is 0. The zero-order chi connectivity index (χ0) is 28.1. The number of para-hydroxylation sites is 2. The van der Waals surface area contributed by atoms with Gasteiger partial charge in [0.25, 0.3) is 15.9 Å². The Morgan fingerprint density at radius 3 is 2.45 bits per heavy atom. The van der Waals surface area contributed by atoms with Crippen LogP contribution in [0.3, 0.4) is 0 Å². The van der Waals surface area contributed by atoms with Crippen LogP contribution >= 0.6 is 0 Å². The number of carbonyl (C=O) groups is 1. The molecule has 0 aliphatic heterocycles. The van der Waals surface area contributed by atoms with E-state index in [1.54, 1.807) is 6.07 Å². The minimum Gasteiger partial charge on any atom is -0.493 e. The number of hydrogen-bond donors (Lipinski definition) is 2. The highest BCUT2D eigenvalue weighted by Crippen LogP contribution is 2.32. The molecule has 2 N–H and O–H groups in total. The van der Waals surface area contributed by atoms with Crippen molar-refractivity contribution in [2.45, 2.75) is 11.8 Å². The maximum atomic E-state index is 13.5. The average Bonchev–Trinajstić information content (AvgIpc) is 2.97. The predicted octanol–water partition coefficient (Wildman–Crippen LogP) is 5.15. The van der Waals surface area contributed by atoms with Gasteiger partial charge in [0.1, 0.15) is 17.9 Å². The minimum absolute atomic E-state index is 0.00717. The van der Waals surface area contributed by atoms with Gasteiger partial charge in [0, 0.05) is 22.7 Å². The molecule has 0 bridgehead atoms. The molecule has 10 nitrogen and oxygen atoms in total. The summed E-state index contributed by atoms with van der Waals surface area (Å²) in [5.74, 6) is 0.593. The summed E-state index contributed by atoms with van der Waals surface area (Å²) in [7, 11) is -2.52. The fourth-order valence-electron chi connectivity index (χ4n) is 4.08. The Kier molecular flexibility index (Phi) is 7.56. The number of amides is 1. The van der Waals surface area contributed by atoms with E-state index in [0.29, 0.717) is 40.2 Å². The molecule has 1 amide bonds. The Morgan fingerprint density at radius 2 is 1.68 bits per heavy atom. The number of nitrogens with one attached hydrogen (secondary N) is 2. The molecule has 2 heterocycles. The van der Waals surface area contributed by atoms with Crippen molar-refractivity contribution in [3.8, 4) is 22.9 Å². The maximum Gasteiger partial charge on any atom is 0.263 e. The third-order valence-electron chi connectivity index (χ3n) is 5.94. The van der Waals surface area contributed by atoms with Crippen molar-refractivity contribution >= 4 is 38.3 Å². The number of hydrogen-bond acceptors (Lipinski definition) is 8. The van der Waals surface area contributed by atoms with Gasteiger partial charge < -0.3 is 14.8 Å². The molecule has 0 radical (unpaired) electrons. The molecule has 0 aliphatic rings. The zero-order valence-corrected chi connectivity index (χ0v) is 22.5. The largest absolute Gasteiger partial charge is 0.493 e. The lowest BCUT2D eigenvalue weighted by molar-refractivity contribution is 0.102. The number of nitrogens with zero attached hydrogens (tertiary/aromatic N) is 3. The van der Waals surface area contributed by atoms with Gasteiger partial charge in [-0.3, -0.25) is 9.52 Å².